The van der Waals surface area contributed by atoms with Gasteiger partial charge in [-0.05, 0) is 71.7 Å². The number of benzene rings is 3. The Hall–Kier alpha value is -3.31. The summed E-state index contributed by atoms with van der Waals surface area (Å²) in [6, 6.07) is 18.9. The normalized spacial score (nSPS) is 9.70. The van der Waals surface area contributed by atoms with E-state index < -0.39 is 0 Å². The third-order valence-corrected chi connectivity index (χ3v) is 4.17. The van der Waals surface area contributed by atoms with Crippen molar-refractivity contribution in [2.45, 2.75) is 6.92 Å². The van der Waals surface area contributed by atoms with Gasteiger partial charge < -0.3 is 0 Å². The molecular weight excluding hydrogens is 353 g/mol. The zero-order valence-electron chi connectivity index (χ0n) is 14.8. The molecular formula is C24H16FNS. The van der Waals surface area contributed by atoms with Crippen molar-refractivity contribution in [3.8, 4) is 23.0 Å². The first-order valence-electron chi connectivity index (χ1n) is 8.33. The summed E-state index contributed by atoms with van der Waals surface area (Å²) in [5.74, 6) is 5.63. The Morgan fingerprint density at radius 3 is 2.19 bits per heavy atom. The molecule has 27 heavy (non-hydrogen) atoms. The average molecular weight is 369 g/mol. The summed E-state index contributed by atoms with van der Waals surface area (Å²) < 4.78 is 14.2. The van der Waals surface area contributed by atoms with Crippen molar-refractivity contribution >= 4 is 29.1 Å². The molecule has 0 atom stereocenters. The van der Waals surface area contributed by atoms with E-state index >= 15 is 0 Å². The molecule has 1 nitrogen and oxygen atoms in total. The van der Waals surface area contributed by atoms with Crippen LogP contribution in [-0.2, 0) is 0 Å². The summed E-state index contributed by atoms with van der Waals surface area (Å²) in [6.07, 6.45) is 1.63. The highest BCUT2D eigenvalue weighted by atomic mass is 32.1. The summed E-state index contributed by atoms with van der Waals surface area (Å²) in [4.78, 5) is 3.94. The number of aliphatic imine (C=N–C) groups is 1. The molecule has 0 bridgehead atoms. The van der Waals surface area contributed by atoms with Gasteiger partial charge in [0.1, 0.15) is 5.82 Å². The standard InChI is InChI=1S/C24H16FNS/c1-3-19-14-17(2)15-24(25)23(19)13-6-18-4-7-20(8-5-18)21-9-11-22(12-10-21)26-16-27/h3-5,7-12,14-15H,1H2,2H3. The van der Waals surface area contributed by atoms with E-state index in [1.54, 1.807) is 6.08 Å². The third-order valence-electron chi connectivity index (χ3n) is 4.08. The van der Waals surface area contributed by atoms with E-state index in [0.717, 1.165) is 27.9 Å². The van der Waals surface area contributed by atoms with Crippen molar-refractivity contribution in [2.24, 2.45) is 4.99 Å². The van der Waals surface area contributed by atoms with Gasteiger partial charge in [-0.3, -0.25) is 0 Å². The van der Waals surface area contributed by atoms with Gasteiger partial charge in [0.05, 0.1) is 16.4 Å². The fourth-order valence-corrected chi connectivity index (χ4v) is 2.83. The lowest BCUT2D eigenvalue weighted by Crippen LogP contribution is -1.91. The quantitative estimate of drug-likeness (QED) is 0.289. The Kier molecular flexibility index (Phi) is 5.74. The van der Waals surface area contributed by atoms with Crippen molar-refractivity contribution in [1.29, 1.82) is 0 Å². The van der Waals surface area contributed by atoms with Crippen LogP contribution in [-0.4, -0.2) is 5.16 Å². The smallest absolute Gasteiger partial charge is 0.139 e. The Balaban J connectivity index is 1.86. The van der Waals surface area contributed by atoms with Crippen LogP contribution in [0.15, 0.2) is 72.2 Å². The van der Waals surface area contributed by atoms with Crippen molar-refractivity contribution in [1.82, 2.24) is 0 Å². The van der Waals surface area contributed by atoms with Crippen LogP contribution in [0.4, 0.5) is 10.1 Å². The van der Waals surface area contributed by atoms with E-state index in [4.69, 9.17) is 0 Å². The fourth-order valence-electron chi connectivity index (χ4n) is 2.72. The van der Waals surface area contributed by atoms with Crippen LogP contribution in [0.1, 0.15) is 22.3 Å². The van der Waals surface area contributed by atoms with Gasteiger partial charge in [-0.2, -0.15) is 4.99 Å². The molecule has 0 saturated heterocycles. The lowest BCUT2D eigenvalue weighted by Gasteiger charge is -2.03. The van der Waals surface area contributed by atoms with Crippen LogP contribution in [0.2, 0.25) is 0 Å². The minimum absolute atomic E-state index is 0.326. The van der Waals surface area contributed by atoms with Crippen molar-refractivity contribution in [3.63, 3.8) is 0 Å². The summed E-state index contributed by atoms with van der Waals surface area (Å²) >= 11 is 4.61. The SMILES string of the molecule is C=Cc1cc(C)cc(F)c1C#Cc1ccc(-c2ccc(N=C=S)cc2)cc1. The highest BCUT2D eigenvalue weighted by Crippen LogP contribution is 2.23. The summed E-state index contributed by atoms with van der Waals surface area (Å²) in [6.45, 7) is 5.59. The molecule has 0 unspecified atom stereocenters. The zero-order chi connectivity index (χ0) is 19.2. The molecule has 3 aromatic carbocycles. The Morgan fingerprint density at radius 2 is 1.59 bits per heavy atom. The van der Waals surface area contributed by atoms with Gasteiger partial charge in [-0.1, -0.05) is 54.8 Å². The molecule has 0 heterocycles. The maximum atomic E-state index is 14.2. The summed E-state index contributed by atoms with van der Waals surface area (Å²) in [7, 11) is 0. The molecule has 3 aromatic rings. The van der Waals surface area contributed by atoms with Crippen LogP contribution in [0.3, 0.4) is 0 Å². The number of nitrogens with zero attached hydrogens (tertiary/aromatic N) is 1. The monoisotopic (exact) mass is 369 g/mol. The molecule has 0 fully saturated rings. The first-order valence-corrected chi connectivity index (χ1v) is 8.74. The highest BCUT2D eigenvalue weighted by molar-refractivity contribution is 7.78. The van der Waals surface area contributed by atoms with Crippen LogP contribution in [0.25, 0.3) is 17.2 Å². The van der Waals surface area contributed by atoms with Crippen molar-refractivity contribution in [2.75, 3.05) is 0 Å². The lowest BCUT2D eigenvalue weighted by atomic mass is 10.0. The minimum Gasteiger partial charge on any atom is -0.206 e. The van der Waals surface area contributed by atoms with Crippen molar-refractivity contribution < 1.29 is 4.39 Å². The zero-order valence-corrected chi connectivity index (χ0v) is 15.6. The molecule has 0 saturated carbocycles. The van der Waals surface area contributed by atoms with E-state index in [-0.39, 0.29) is 5.82 Å². The molecule has 3 rings (SSSR count). The first-order chi connectivity index (χ1) is 13.1. The number of hydrogen-bond donors (Lipinski definition) is 0. The van der Waals surface area contributed by atoms with Gasteiger partial charge in [0.2, 0.25) is 0 Å². The molecule has 0 aliphatic carbocycles. The Morgan fingerprint density at radius 1 is 0.963 bits per heavy atom. The molecule has 0 aromatic heterocycles. The van der Waals surface area contributed by atoms with E-state index in [1.165, 1.54) is 6.07 Å². The van der Waals surface area contributed by atoms with Crippen LogP contribution < -0.4 is 0 Å². The van der Waals surface area contributed by atoms with E-state index in [1.807, 2.05) is 61.5 Å². The molecule has 0 aliphatic heterocycles. The summed E-state index contributed by atoms with van der Waals surface area (Å²) in [5, 5.41) is 2.35. The highest BCUT2D eigenvalue weighted by Gasteiger charge is 2.05. The minimum atomic E-state index is -0.326. The second-order valence-corrected chi connectivity index (χ2v) is 6.17. The number of rotatable bonds is 3. The summed E-state index contributed by atoms with van der Waals surface area (Å²) in [5.41, 5.74) is 5.64. The maximum Gasteiger partial charge on any atom is 0.139 e. The first kappa shape index (κ1) is 18.5. The molecule has 3 heteroatoms. The number of thiocarbonyl (C=S) groups is 1. The van der Waals surface area contributed by atoms with Gasteiger partial charge in [-0.15, -0.1) is 0 Å². The van der Waals surface area contributed by atoms with E-state index in [0.29, 0.717) is 11.1 Å². The predicted octanol–water partition coefficient (Wildman–Crippen LogP) is 6.58. The maximum absolute atomic E-state index is 14.2. The fraction of sp³-hybridized carbons (Fsp3) is 0.0417. The number of isothiocyanates is 1. The number of halogens is 1. The third kappa shape index (κ3) is 4.46. The van der Waals surface area contributed by atoms with E-state index in [2.05, 4.69) is 40.8 Å². The van der Waals surface area contributed by atoms with Crippen LogP contribution in [0.5, 0.6) is 0 Å². The predicted molar refractivity (Wildman–Crippen MR) is 114 cm³/mol. The van der Waals surface area contributed by atoms with Gasteiger partial charge in [0.25, 0.3) is 0 Å². The Labute approximate surface area is 163 Å². The van der Waals surface area contributed by atoms with Crippen LogP contribution >= 0.6 is 12.2 Å². The molecule has 0 radical (unpaired) electrons. The number of hydrogen-bond acceptors (Lipinski definition) is 2. The average Bonchev–Trinajstić information content (AvgIpc) is 2.68. The van der Waals surface area contributed by atoms with Gasteiger partial charge in [0, 0.05) is 5.56 Å². The van der Waals surface area contributed by atoms with Gasteiger partial charge in [0.15, 0.2) is 0 Å². The van der Waals surface area contributed by atoms with E-state index in [9.17, 15) is 4.39 Å². The number of aryl methyl sites for hydroxylation is 1. The molecule has 0 spiro atoms. The second kappa shape index (κ2) is 8.38. The van der Waals surface area contributed by atoms with Crippen molar-refractivity contribution in [3.05, 3.63) is 95.3 Å². The second-order valence-electron chi connectivity index (χ2n) is 5.99. The van der Waals surface area contributed by atoms with Gasteiger partial charge >= 0.3 is 0 Å². The molecule has 0 aliphatic rings. The van der Waals surface area contributed by atoms with Crippen LogP contribution in [0, 0.1) is 24.6 Å². The molecule has 130 valence electrons. The Bertz CT molecular complexity index is 1090. The largest absolute Gasteiger partial charge is 0.206 e. The van der Waals surface area contributed by atoms with Gasteiger partial charge in [-0.25, -0.2) is 4.39 Å². The lowest BCUT2D eigenvalue weighted by molar-refractivity contribution is 0.623. The molecule has 0 N–H and O–H groups in total. The topological polar surface area (TPSA) is 12.4 Å². The molecule has 0 amide bonds.